The number of para-hydroxylation sites is 1. The van der Waals surface area contributed by atoms with Crippen LogP contribution in [0.1, 0.15) is 31.2 Å². The fourth-order valence-corrected chi connectivity index (χ4v) is 4.89. The minimum atomic E-state index is -3.50. The van der Waals surface area contributed by atoms with E-state index in [0.717, 1.165) is 24.9 Å². The van der Waals surface area contributed by atoms with Crippen molar-refractivity contribution in [3.05, 3.63) is 53.1 Å². The average Bonchev–Trinajstić information content (AvgIpc) is 2.95. The van der Waals surface area contributed by atoms with Crippen molar-refractivity contribution in [2.75, 3.05) is 30.9 Å². The molecule has 0 saturated heterocycles. The van der Waals surface area contributed by atoms with Crippen LogP contribution >= 0.6 is 11.6 Å². The van der Waals surface area contributed by atoms with Crippen molar-refractivity contribution in [3.63, 3.8) is 0 Å². The monoisotopic (exact) mass is 448 g/mol. The van der Waals surface area contributed by atoms with Crippen molar-refractivity contribution in [3.8, 4) is 0 Å². The topological polar surface area (TPSA) is 90.9 Å². The molecule has 0 bridgehead atoms. The second-order valence-electron chi connectivity index (χ2n) is 7.22. The van der Waals surface area contributed by atoms with E-state index in [-0.39, 0.29) is 10.8 Å². The highest BCUT2D eigenvalue weighted by Gasteiger charge is 2.29. The molecule has 7 nitrogen and oxygen atoms in total. The van der Waals surface area contributed by atoms with Crippen LogP contribution in [-0.4, -0.2) is 40.8 Å². The number of benzene rings is 2. The Hall–Kier alpha value is -2.58. The van der Waals surface area contributed by atoms with Gasteiger partial charge in [0, 0.05) is 32.6 Å². The van der Waals surface area contributed by atoms with E-state index in [1.54, 1.807) is 36.4 Å². The summed E-state index contributed by atoms with van der Waals surface area (Å²) in [5.74, 6) is 0.324. The molecule has 1 aliphatic rings. The Labute approximate surface area is 182 Å². The Bertz CT molecular complexity index is 1070. The molecule has 9 heteroatoms. The fourth-order valence-electron chi connectivity index (χ4n) is 3.30. The summed E-state index contributed by atoms with van der Waals surface area (Å²) in [6.45, 7) is 0.493. The highest BCUT2D eigenvalue weighted by molar-refractivity contribution is 7.90. The third-order valence-corrected chi connectivity index (χ3v) is 6.40. The summed E-state index contributed by atoms with van der Waals surface area (Å²) in [5.41, 5.74) is 2.08. The van der Waals surface area contributed by atoms with E-state index in [4.69, 9.17) is 11.6 Å². The highest BCUT2D eigenvalue weighted by Crippen LogP contribution is 2.32. The molecule has 1 heterocycles. The van der Waals surface area contributed by atoms with Crippen LogP contribution in [0.25, 0.3) is 0 Å². The van der Waals surface area contributed by atoms with Crippen LogP contribution in [0.5, 0.6) is 0 Å². The number of amidine groups is 1. The van der Waals surface area contributed by atoms with Crippen LogP contribution in [0.2, 0.25) is 5.02 Å². The van der Waals surface area contributed by atoms with E-state index < -0.39 is 10.0 Å². The van der Waals surface area contributed by atoms with Gasteiger partial charge in [-0.05, 0) is 37.1 Å². The van der Waals surface area contributed by atoms with Gasteiger partial charge in [0.1, 0.15) is 5.84 Å². The summed E-state index contributed by atoms with van der Waals surface area (Å²) >= 11 is 6.22. The smallest absolute Gasteiger partial charge is 0.263 e. The minimum Gasteiger partial charge on any atom is -0.375 e. The quantitative estimate of drug-likeness (QED) is 0.603. The lowest BCUT2D eigenvalue weighted by atomic mass is 10.1. The Kier molecular flexibility index (Phi) is 6.99. The van der Waals surface area contributed by atoms with Gasteiger partial charge in [-0.2, -0.15) is 0 Å². The molecule has 2 aromatic rings. The van der Waals surface area contributed by atoms with Gasteiger partial charge in [-0.1, -0.05) is 36.2 Å². The Morgan fingerprint density at radius 1 is 1.10 bits per heavy atom. The van der Waals surface area contributed by atoms with Crippen LogP contribution in [0, 0.1) is 0 Å². The van der Waals surface area contributed by atoms with Gasteiger partial charge in [-0.15, -0.1) is 0 Å². The number of nitrogens with one attached hydrogen (secondary N) is 2. The summed E-state index contributed by atoms with van der Waals surface area (Å²) in [6, 6.07) is 12.2. The molecule has 30 heavy (non-hydrogen) atoms. The van der Waals surface area contributed by atoms with E-state index in [0.29, 0.717) is 35.1 Å². The van der Waals surface area contributed by atoms with E-state index in [9.17, 15) is 13.2 Å². The van der Waals surface area contributed by atoms with Gasteiger partial charge in [-0.3, -0.25) is 14.5 Å². The number of nitrogens with zero attached hydrogens (tertiary/aromatic N) is 2. The van der Waals surface area contributed by atoms with Gasteiger partial charge < -0.3 is 10.2 Å². The van der Waals surface area contributed by atoms with E-state index in [1.807, 2.05) is 25.1 Å². The highest BCUT2D eigenvalue weighted by atomic mass is 35.5. The Balaban J connectivity index is 1.45. The molecule has 0 radical (unpaired) electrons. The first-order chi connectivity index (χ1) is 14.3. The van der Waals surface area contributed by atoms with Gasteiger partial charge in [0.2, 0.25) is 5.91 Å². The average molecular weight is 449 g/mol. The predicted molar refractivity (Wildman–Crippen MR) is 121 cm³/mol. The number of carbonyl (C=O) groups excluding carboxylic acids is 1. The Morgan fingerprint density at radius 2 is 1.87 bits per heavy atom. The number of unbranched alkanes of at least 4 members (excludes halogenated alkanes) is 2. The summed E-state index contributed by atoms with van der Waals surface area (Å²) in [5, 5.41) is 3.50. The number of aliphatic imine (C=N–C) groups is 1. The number of fused-ring (bicyclic) bond motifs is 1. The van der Waals surface area contributed by atoms with Gasteiger partial charge in [0.15, 0.2) is 0 Å². The van der Waals surface area contributed by atoms with Crippen molar-refractivity contribution in [2.45, 2.75) is 30.6 Å². The van der Waals surface area contributed by atoms with Gasteiger partial charge in [0.25, 0.3) is 10.0 Å². The molecule has 1 amide bonds. The molecule has 0 spiro atoms. The van der Waals surface area contributed by atoms with Crippen LogP contribution in [0.3, 0.4) is 0 Å². The third-order valence-electron chi connectivity index (χ3n) is 4.70. The van der Waals surface area contributed by atoms with Gasteiger partial charge >= 0.3 is 0 Å². The van der Waals surface area contributed by atoms with Crippen molar-refractivity contribution in [2.24, 2.45) is 4.99 Å². The molecule has 2 aromatic carbocycles. The second kappa shape index (κ2) is 9.49. The molecule has 0 aliphatic carbocycles. The zero-order valence-electron chi connectivity index (χ0n) is 17.0. The number of halogens is 1. The fraction of sp³-hybridized carbons (Fsp3) is 0.333. The van der Waals surface area contributed by atoms with Crippen molar-refractivity contribution in [1.29, 1.82) is 0 Å². The minimum absolute atomic E-state index is 0.0656. The number of amides is 1. The largest absolute Gasteiger partial charge is 0.375 e. The Morgan fingerprint density at radius 3 is 2.63 bits per heavy atom. The number of sulfonamides is 1. The first-order valence-corrected chi connectivity index (χ1v) is 11.6. The van der Waals surface area contributed by atoms with Crippen LogP contribution in [-0.2, 0) is 14.8 Å². The van der Waals surface area contributed by atoms with Gasteiger partial charge in [0.05, 0.1) is 21.3 Å². The SMILES string of the molecule is CN(C)c1c(Cl)cccc1NC(=O)CCCCCN=C1NS(=O)(=O)c2ccccc21. The van der Waals surface area contributed by atoms with E-state index in [1.165, 1.54) is 0 Å². The summed E-state index contributed by atoms with van der Waals surface area (Å²) in [6.07, 6.45) is 2.69. The van der Waals surface area contributed by atoms with Crippen molar-refractivity contribution >= 4 is 44.7 Å². The molecule has 1 aliphatic heterocycles. The second-order valence-corrected chi connectivity index (χ2v) is 9.28. The summed E-state index contributed by atoms with van der Waals surface area (Å²) in [7, 11) is 0.250. The predicted octanol–water partition coefficient (Wildman–Crippen LogP) is 3.64. The van der Waals surface area contributed by atoms with Crippen LogP contribution in [0.4, 0.5) is 11.4 Å². The molecule has 2 N–H and O–H groups in total. The zero-order chi connectivity index (χ0) is 21.7. The maximum atomic E-state index is 12.3. The molecule has 160 valence electrons. The lowest BCUT2D eigenvalue weighted by Crippen LogP contribution is -2.22. The van der Waals surface area contributed by atoms with Crippen molar-refractivity contribution in [1.82, 2.24) is 4.72 Å². The van der Waals surface area contributed by atoms with Gasteiger partial charge in [-0.25, -0.2) is 8.42 Å². The first kappa shape index (κ1) is 22.1. The first-order valence-electron chi connectivity index (χ1n) is 9.72. The maximum absolute atomic E-state index is 12.3. The molecule has 0 atom stereocenters. The maximum Gasteiger partial charge on any atom is 0.263 e. The lowest BCUT2D eigenvalue weighted by Gasteiger charge is -2.19. The lowest BCUT2D eigenvalue weighted by molar-refractivity contribution is -0.116. The number of hydrogen-bond donors (Lipinski definition) is 2. The van der Waals surface area contributed by atoms with E-state index in [2.05, 4.69) is 15.0 Å². The standard InChI is InChI=1S/C21H25ClN4O3S/c1-26(2)20-16(22)10-8-11-17(20)24-19(27)13-4-3-7-14-23-21-15-9-5-6-12-18(15)30(28,29)25-21/h5-6,8-12H,3-4,7,13-14H2,1-2H3,(H,23,25)(H,24,27). The summed E-state index contributed by atoms with van der Waals surface area (Å²) < 4.78 is 26.6. The number of anilines is 2. The number of hydrogen-bond acceptors (Lipinski definition) is 5. The normalized spacial score (nSPS) is 15.5. The van der Waals surface area contributed by atoms with E-state index >= 15 is 0 Å². The third kappa shape index (κ3) is 5.12. The molecular weight excluding hydrogens is 424 g/mol. The number of carbonyl (C=O) groups is 1. The van der Waals surface area contributed by atoms with Crippen molar-refractivity contribution < 1.29 is 13.2 Å². The van der Waals surface area contributed by atoms with Crippen LogP contribution in [0.15, 0.2) is 52.4 Å². The molecule has 0 saturated carbocycles. The molecule has 0 fully saturated rings. The zero-order valence-corrected chi connectivity index (χ0v) is 18.6. The van der Waals surface area contributed by atoms with Crippen LogP contribution < -0.4 is 14.9 Å². The molecule has 0 unspecified atom stereocenters. The molecule has 3 rings (SSSR count). The number of rotatable bonds is 8. The summed E-state index contributed by atoms with van der Waals surface area (Å²) in [4.78, 5) is 18.8. The molecular formula is C21H25ClN4O3S. The molecule has 0 aromatic heterocycles.